The van der Waals surface area contributed by atoms with Crippen LogP contribution in [0.5, 0.6) is 0 Å². The van der Waals surface area contributed by atoms with E-state index in [1.165, 1.54) is 12.1 Å². The van der Waals surface area contributed by atoms with E-state index in [-0.39, 0.29) is 10.4 Å². The lowest BCUT2D eigenvalue weighted by molar-refractivity contribution is 0.600. The molecule has 10 heteroatoms. The topological polar surface area (TPSA) is 128 Å². The number of aromatic nitrogens is 3. The summed E-state index contributed by atoms with van der Waals surface area (Å²) in [6.07, 6.45) is 1.88. The van der Waals surface area contributed by atoms with Gasteiger partial charge in [-0.05, 0) is 65.4 Å². The van der Waals surface area contributed by atoms with Crippen LogP contribution in [0.2, 0.25) is 0 Å². The van der Waals surface area contributed by atoms with E-state index in [1.807, 2.05) is 36.5 Å². The Balaban J connectivity index is 1.50. The van der Waals surface area contributed by atoms with Crippen LogP contribution < -0.4 is 15.8 Å². The minimum Gasteiger partial charge on any atom is -0.361 e. The summed E-state index contributed by atoms with van der Waals surface area (Å²) in [6.45, 7) is 1.62. The van der Waals surface area contributed by atoms with Gasteiger partial charge >= 0.3 is 11.1 Å². The number of hydrogen-bond donors (Lipinski definition) is 4. The molecule has 5 aromatic rings. The molecule has 0 fully saturated rings. The van der Waals surface area contributed by atoms with Crippen molar-refractivity contribution in [3.63, 3.8) is 0 Å². The van der Waals surface area contributed by atoms with Crippen molar-refractivity contribution in [2.24, 2.45) is 0 Å². The van der Waals surface area contributed by atoms with Crippen molar-refractivity contribution in [2.75, 3.05) is 4.72 Å². The third-order valence-corrected chi connectivity index (χ3v) is 7.57. The van der Waals surface area contributed by atoms with E-state index in [9.17, 15) is 18.0 Å². The van der Waals surface area contributed by atoms with Crippen molar-refractivity contribution in [1.29, 1.82) is 0 Å². The first-order valence-electron chi connectivity index (χ1n) is 9.88. The number of H-pyrrole nitrogens is 3. The van der Waals surface area contributed by atoms with Gasteiger partial charge in [0.2, 0.25) is 0 Å². The second kappa shape index (κ2) is 7.75. The van der Waals surface area contributed by atoms with Crippen LogP contribution in [0.1, 0.15) is 5.56 Å². The molecule has 3 aromatic carbocycles. The molecule has 8 nitrogen and oxygen atoms in total. The second-order valence-electron chi connectivity index (χ2n) is 7.65. The molecule has 0 bridgehead atoms. The van der Waals surface area contributed by atoms with Crippen molar-refractivity contribution < 1.29 is 8.42 Å². The van der Waals surface area contributed by atoms with Crippen LogP contribution in [0.25, 0.3) is 33.1 Å². The van der Waals surface area contributed by atoms with Crippen LogP contribution in [0.15, 0.2) is 79.8 Å². The van der Waals surface area contributed by atoms with Gasteiger partial charge in [-0.3, -0.25) is 14.3 Å². The van der Waals surface area contributed by atoms with Gasteiger partial charge in [-0.25, -0.2) is 8.42 Å². The summed E-state index contributed by atoms with van der Waals surface area (Å²) < 4.78 is 29.5. The van der Waals surface area contributed by atoms with Crippen molar-refractivity contribution in [1.82, 2.24) is 15.0 Å². The number of nitrogens with one attached hydrogen (secondary N) is 4. The Labute approximate surface area is 195 Å². The van der Waals surface area contributed by atoms with Crippen LogP contribution in [0, 0.1) is 6.92 Å². The maximum absolute atomic E-state index is 13.1. The molecule has 0 saturated heterocycles. The molecule has 0 radical (unpaired) electrons. The number of rotatable bonds is 4. The fourth-order valence-corrected chi connectivity index (χ4v) is 5.69. The smallest absolute Gasteiger partial charge is 0.314 e. The Bertz CT molecular complexity index is 1780. The maximum atomic E-state index is 13.1. The minimum absolute atomic E-state index is 0.00454. The first-order valence-corrected chi connectivity index (χ1v) is 12.2. The van der Waals surface area contributed by atoms with Crippen LogP contribution in [-0.2, 0) is 10.0 Å². The Morgan fingerprint density at radius 3 is 2.30 bits per heavy atom. The number of fused-ring (bicyclic) bond motifs is 2. The molecule has 0 saturated carbocycles. The number of anilines is 1. The van der Waals surface area contributed by atoms with Crippen LogP contribution in [-0.4, -0.2) is 23.4 Å². The summed E-state index contributed by atoms with van der Waals surface area (Å²) in [5.41, 5.74) is 2.64. The highest BCUT2D eigenvalue weighted by Gasteiger charge is 2.19. The molecule has 5 rings (SSSR count). The molecule has 0 unspecified atom stereocenters. The van der Waals surface area contributed by atoms with E-state index in [0.717, 1.165) is 26.5 Å². The average molecular weight is 525 g/mol. The molecule has 166 valence electrons. The number of aryl methyl sites for hydroxylation is 1. The molecule has 33 heavy (non-hydrogen) atoms. The third kappa shape index (κ3) is 3.87. The highest BCUT2D eigenvalue weighted by atomic mass is 79.9. The molecule has 0 aliphatic rings. The van der Waals surface area contributed by atoms with Crippen molar-refractivity contribution in [3.8, 4) is 11.1 Å². The van der Waals surface area contributed by atoms with Crippen molar-refractivity contribution in [3.05, 3.63) is 91.5 Å². The van der Waals surface area contributed by atoms with Crippen molar-refractivity contribution in [2.45, 2.75) is 11.8 Å². The van der Waals surface area contributed by atoms with Gasteiger partial charge in [0.05, 0.1) is 15.9 Å². The van der Waals surface area contributed by atoms with Gasteiger partial charge in [0.1, 0.15) is 0 Å². The zero-order valence-corrected chi connectivity index (χ0v) is 19.6. The standard InChI is InChI=1S/C23H17BrN4O4S/c1-12-8-19-20(27-23(30)22(29)26-19)11-21(12)33(31,32)28-15-4-5-16(17(24)10-15)14-3-2-13-6-7-25-18(13)9-14/h2-11,25,28H,1H3,(H,26,29)(H,27,30). The lowest BCUT2D eigenvalue weighted by Gasteiger charge is -2.13. The van der Waals surface area contributed by atoms with E-state index in [4.69, 9.17) is 0 Å². The summed E-state index contributed by atoms with van der Waals surface area (Å²) in [6, 6.07) is 16.1. The summed E-state index contributed by atoms with van der Waals surface area (Å²) >= 11 is 3.55. The molecule has 4 N–H and O–H groups in total. The molecule has 0 aliphatic carbocycles. The van der Waals surface area contributed by atoms with Crippen LogP contribution >= 0.6 is 15.9 Å². The van der Waals surface area contributed by atoms with Gasteiger partial charge in [0.15, 0.2) is 0 Å². The summed E-state index contributed by atoms with van der Waals surface area (Å²) in [7, 11) is -3.96. The summed E-state index contributed by atoms with van der Waals surface area (Å²) in [5.74, 6) is 0. The van der Waals surface area contributed by atoms with Crippen LogP contribution in [0.3, 0.4) is 0 Å². The minimum atomic E-state index is -3.96. The third-order valence-electron chi connectivity index (χ3n) is 5.39. The molecular weight excluding hydrogens is 508 g/mol. The average Bonchev–Trinajstić information content (AvgIpc) is 3.22. The van der Waals surface area contributed by atoms with E-state index in [2.05, 4.69) is 35.6 Å². The summed E-state index contributed by atoms with van der Waals surface area (Å²) in [4.78, 5) is 31.2. The monoisotopic (exact) mass is 524 g/mol. The van der Waals surface area contributed by atoms with E-state index >= 15 is 0 Å². The summed E-state index contributed by atoms with van der Waals surface area (Å²) in [5, 5.41) is 1.11. The van der Waals surface area contributed by atoms with E-state index < -0.39 is 21.1 Å². The molecule has 0 atom stereocenters. The first-order chi connectivity index (χ1) is 15.7. The Morgan fingerprint density at radius 1 is 0.848 bits per heavy atom. The van der Waals surface area contributed by atoms with Crippen LogP contribution in [0.4, 0.5) is 5.69 Å². The van der Waals surface area contributed by atoms with Gasteiger partial charge in [0.25, 0.3) is 10.0 Å². The molecule has 2 aromatic heterocycles. The van der Waals surface area contributed by atoms with Gasteiger partial charge < -0.3 is 15.0 Å². The van der Waals surface area contributed by atoms with Gasteiger partial charge in [-0.1, -0.05) is 34.1 Å². The largest absolute Gasteiger partial charge is 0.361 e. The van der Waals surface area contributed by atoms with E-state index in [0.29, 0.717) is 16.8 Å². The maximum Gasteiger partial charge on any atom is 0.314 e. The molecular formula is C23H17BrN4O4S. The number of halogens is 1. The molecule has 0 amide bonds. The van der Waals surface area contributed by atoms with E-state index in [1.54, 1.807) is 19.1 Å². The number of aromatic amines is 3. The fraction of sp³-hybridized carbons (Fsp3) is 0.0435. The Morgan fingerprint density at radius 2 is 1.58 bits per heavy atom. The predicted molar refractivity (Wildman–Crippen MR) is 132 cm³/mol. The molecule has 0 aliphatic heterocycles. The van der Waals surface area contributed by atoms with Gasteiger partial charge in [-0.15, -0.1) is 0 Å². The predicted octanol–water partition coefficient (Wildman–Crippen LogP) is 4.24. The zero-order chi connectivity index (χ0) is 23.3. The fourth-order valence-electron chi connectivity index (χ4n) is 3.78. The second-order valence-corrected chi connectivity index (χ2v) is 10.2. The SMILES string of the molecule is Cc1cc2[nH]c(=O)c(=O)[nH]c2cc1S(=O)(=O)Nc1ccc(-c2ccc3cc[nH]c3c2)c(Br)c1. The van der Waals surface area contributed by atoms with Gasteiger partial charge in [-0.2, -0.15) is 0 Å². The quantitative estimate of drug-likeness (QED) is 0.262. The molecule has 2 heterocycles. The van der Waals surface area contributed by atoms with Crippen molar-refractivity contribution >= 4 is 53.6 Å². The highest BCUT2D eigenvalue weighted by molar-refractivity contribution is 9.10. The lowest BCUT2D eigenvalue weighted by atomic mass is 10.0. The lowest BCUT2D eigenvalue weighted by Crippen LogP contribution is -2.29. The number of sulfonamides is 1. The number of hydrogen-bond acceptors (Lipinski definition) is 4. The zero-order valence-electron chi connectivity index (χ0n) is 17.2. The van der Waals surface area contributed by atoms with Gasteiger partial charge in [0, 0.05) is 21.9 Å². The highest BCUT2D eigenvalue weighted by Crippen LogP contribution is 2.33. The Kier molecular flexibility index (Phi) is 4.98. The Hall–Kier alpha value is -3.63. The first kappa shape index (κ1) is 21.2. The molecule has 0 spiro atoms. The normalized spacial score (nSPS) is 11.8. The number of benzene rings is 3.